The molecule has 2 N–H and O–H groups in total. The normalized spacial score (nSPS) is 17.5. The minimum Gasteiger partial charge on any atom is -0.395 e. The summed E-state index contributed by atoms with van der Waals surface area (Å²) in [5.41, 5.74) is 1.05. The van der Waals surface area contributed by atoms with Crippen LogP contribution in [0.3, 0.4) is 0 Å². The van der Waals surface area contributed by atoms with Crippen molar-refractivity contribution in [3.63, 3.8) is 0 Å². The molecule has 2 heterocycles. The number of anilines is 1. The maximum atomic E-state index is 9.34. The van der Waals surface area contributed by atoms with Crippen molar-refractivity contribution in [3.8, 4) is 0 Å². The van der Waals surface area contributed by atoms with Crippen LogP contribution < -0.4 is 10.2 Å². The van der Waals surface area contributed by atoms with Crippen molar-refractivity contribution in [2.45, 2.75) is 45.7 Å². The van der Waals surface area contributed by atoms with Gasteiger partial charge in [0.1, 0.15) is 5.82 Å². The first-order valence-corrected chi connectivity index (χ1v) is 7.76. The summed E-state index contributed by atoms with van der Waals surface area (Å²) in [6, 6.07) is 6.36. The van der Waals surface area contributed by atoms with E-state index in [1.807, 2.05) is 0 Å². The number of hydrogen-bond acceptors (Lipinski definition) is 4. The summed E-state index contributed by atoms with van der Waals surface area (Å²) in [6.45, 7) is 7.36. The van der Waals surface area contributed by atoms with Gasteiger partial charge in [0, 0.05) is 25.7 Å². The number of piperidine rings is 1. The van der Waals surface area contributed by atoms with Gasteiger partial charge >= 0.3 is 0 Å². The zero-order valence-electron chi connectivity index (χ0n) is 12.7. The Labute approximate surface area is 122 Å². The van der Waals surface area contributed by atoms with Crippen LogP contribution in [0, 0.1) is 5.92 Å². The third-order valence-corrected chi connectivity index (χ3v) is 4.02. The summed E-state index contributed by atoms with van der Waals surface area (Å²) in [5, 5.41) is 12.7. The lowest BCUT2D eigenvalue weighted by molar-refractivity contribution is 0.209. The van der Waals surface area contributed by atoms with Crippen LogP contribution in [0.15, 0.2) is 18.2 Å². The van der Waals surface area contributed by atoms with E-state index in [0.717, 1.165) is 24.6 Å². The minimum absolute atomic E-state index is 0.135. The van der Waals surface area contributed by atoms with Gasteiger partial charge in [-0.1, -0.05) is 19.9 Å². The molecule has 1 atom stereocenters. The first-order valence-electron chi connectivity index (χ1n) is 7.76. The number of aromatic nitrogens is 1. The van der Waals surface area contributed by atoms with E-state index in [9.17, 15) is 5.11 Å². The van der Waals surface area contributed by atoms with Gasteiger partial charge in [0.2, 0.25) is 0 Å². The van der Waals surface area contributed by atoms with Gasteiger partial charge in [-0.2, -0.15) is 0 Å². The van der Waals surface area contributed by atoms with Gasteiger partial charge in [0.05, 0.1) is 12.3 Å². The molecule has 0 bridgehead atoms. The van der Waals surface area contributed by atoms with Crippen LogP contribution >= 0.6 is 0 Å². The second-order valence-electron chi connectivity index (χ2n) is 5.95. The smallest absolute Gasteiger partial charge is 0.128 e. The molecule has 4 heteroatoms. The molecule has 2 rings (SSSR count). The van der Waals surface area contributed by atoms with Gasteiger partial charge in [0.25, 0.3) is 0 Å². The Morgan fingerprint density at radius 2 is 2.00 bits per heavy atom. The number of nitrogens with one attached hydrogen (secondary N) is 1. The van der Waals surface area contributed by atoms with Crippen molar-refractivity contribution in [1.82, 2.24) is 10.3 Å². The molecular weight excluding hydrogens is 250 g/mol. The lowest BCUT2D eigenvalue weighted by Gasteiger charge is -2.28. The van der Waals surface area contributed by atoms with Crippen LogP contribution in [0.2, 0.25) is 0 Å². The highest BCUT2D eigenvalue weighted by Crippen LogP contribution is 2.17. The molecule has 0 unspecified atom stereocenters. The highest BCUT2D eigenvalue weighted by atomic mass is 16.3. The van der Waals surface area contributed by atoms with Crippen LogP contribution in [-0.2, 0) is 6.54 Å². The van der Waals surface area contributed by atoms with E-state index in [4.69, 9.17) is 4.98 Å². The Hall–Kier alpha value is -1.13. The number of aliphatic hydroxyl groups is 1. The fourth-order valence-corrected chi connectivity index (χ4v) is 2.61. The quantitative estimate of drug-likeness (QED) is 0.837. The maximum Gasteiger partial charge on any atom is 0.128 e. The van der Waals surface area contributed by atoms with E-state index < -0.39 is 0 Å². The van der Waals surface area contributed by atoms with Gasteiger partial charge in [0.15, 0.2) is 0 Å². The van der Waals surface area contributed by atoms with E-state index in [-0.39, 0.29) is 12.6 Å². The van der Waals surface area contributed by atoms with Crippen LogP contribution in [0.5, 0.6) is 0 Å². The molecule has 1 saturated heterocycles. The molecule has 1 aromatic heterocycles. The molecule has 1 aliphatic rings. The van der Waals surface area contributed by atoms with Crippen molar-refractivity contribution >= 4 is 5.82 Å². The fourth-order valence-electron chi connectivity index (χ4n) is 2.61. The molecule has 0 amide bonds. The summed E-state index contributed by atoms with van der Waals surface area (Å²) in [6.07, 6.45) is 3.87. The first-order chi connectivity index (χ1) is 9.70. The van der Waals surface area contributed by atoms with Gasteiger partial charge < -0.3 is 15.3 Å². The zero-order chi connectivity index (χ0) is 14.4. The van der Waals surface area contributed by atoms with Crippen molar-refractivity contribution in [1.29, 1.82) is 0 Å². The predicted octanol–water partition coefficient (Wildman–Crippen LogP) is 2.18. The Morgan fingerprint density at radius 3 is 2.65 bits per heavy atom. The van der Waals surface area contributed by atoms with E-state index in [2.05, 4.69) is 42.3 Å². The maximum absolute atomic E-state index is 9.34. The van der Waals surface area contributed by atoms with Crippen molar-refractivity contribution in [2.24, 2.45) is 5.92 Å². The molecule has 0 spiro atoms. The van der Waals surface area contributed by atoms with Gasteiger partial charge in [-0.15, -0.1) is 0 Å². The number of rotatable bonds is 6. The average Bonchev–Trinajstić information content (AvgIpc) is 2.49. The molecule has 1 aromatic rings. The standard InChI is InChI=1S/C16H27N3O/c1-13(2)15(12-20)17-11-14-7-6-8-16(18-14)19-9-4-3-5-10-19/h6-8,13,15,17,20H,3-5,9-12H2,1-2H3/t15-/m0/s1. The lowest BCUT2D eigenvalue weighted by Crippen LogP contribution is -2.37. The predicted molar refractivity (Wildman–Crippen MR) is 82.9 cm³/mol. The molecule has 20 heavy (non-hydrogen) atoms. The number of hydrogen-bond donors (Lipinski definition) is 2. The fraction of sp³-hybridized carbons (Fsp3) is 0.688. The zero-order valence-corrected chi connectivity index (χ0v) is 12.7. The first kappa shape index (κ1) is 15.3. The van der Waals surface area contributed by atoms with Gasteiger partial charge in [-0.05, 0) is 37.3 Å². The Morgan fingerprint density at radius 1 is 1.25 bits per heavy atom. The summed E-state index contributed by atoms with van der Waals surface area (Å²) >= 11 is 0. The molecule has 112 valence electrons. The largest absolute Gasteiger partial charge is 0.395 e. The molecule has 4 nitrogen and oxygen atoms in total. The van der Waals surface area contributed by atoms with Crippen molar-refractivity contribution < 1.29 is 5.11 Å². The lowest BCUT2D eigenvalue weighted by atomic mass is 10.1. The van der Waals surface area contributed by atoms with Crippen LogP contribution in [-0.4, -0.2) is 35.8 Å². The summed E-state index contributed by atoms with van der Waals surface area (Å²) in [4.78, 5) is 7.12. The molecule has 1 fully saturated rings. The SMILES string of the molecule is CC(C)[C@H](CO)NCc1cccc(N2CCCCC2)n1. The summed E-state index contributed by atoms with van der Waals surface area (Å²) < 4.78 is 0. The van der Waals surface area contributed by atoms with Crippen molar-refractivity contribution in [3.05, 3.63) is 23.9 Å². The molecule has 0 saturated carbocycles. The number of pyridine rings is 1. The third-order valence-electron chi connectivity index (χ3n) is 4.02. The Kier molecular flexibility index (Phi) is 5.80. The van der Waals surface area contributed by atoms with Gasteiger partial charge in [-0.3, -0.25) is 0 Å². The van der Waals surface area contributed by atoms with E-state index in [1.54, 1.807) is 0 Å². The molecule has 1 aliphatic heterocycles. The average molecular weight is 277 g/mol. The Balaban J connectivity index is 1.95. The van der Waals surface area contributed by atoms with E-state index in [1.165, 1.54) is 19.3 Å². The minimum atomic E-state index is 0.135. The van der Waals surface area contributed by atoms with Crippen molar-refractivity contribution in [2.75, 3.05) is 24.6 Å². The highest BCUT2D eigenvalue weighted by molar-refractivity contribution is 5.39. The molecular formula is C16H27N3O. The van der Waals surface area contributed by atoms with Crippen LogP contribution in [0.25, 0.3) is 0 Å². The molecule has 0 radical (unpaired) electrons. The molecule has 0 aliphatic carbocycles. The van der Waals surface area contributed by atoms with Gasteiger partial charge in [-0.25, -0.2) is 4.98 Å². The monoisotopic (exact) mass is 277 g/mol. The van der Waals surface area contributed by atoms with E-state index in [0.29, 0.717) is 12.5 Å². The van der Waals surface area contributed by atoms with Crippen LogP contribution in [0.4, 0.5) is 5.82 Å². The number of aliphatic hydroxyl groups excluding tert-OH is 1. The van der Waals surface area contributed by atoms with E-state index >= 15 is 0 Å². The second kappa shape index (κ2) is 7.60. The molecule has 0 aromatic carbocycles. The third kappa shape index (κ3) is 4.18. The van der Waals surface area contributed by atoms with Crippen LogP contribution in [0.1, 0.15) is 38.8 Å². The summed E-state index contributed by atoms with van der Waals surface area (Å²) in [7, 11) is 0. The Bertz CT molecular complexity index is 402. The topological polar surface area (TPSA) is 48.4 Å². The number of nitrogens with zero attached hydrogens (tertiary/aromatic N) is 2. The second-order valence-corrected chi connectivity index (χ2v) is 5.95. The highest BCUT2D eigenvalue weighted by Gasteiger charge is 2.14. The summed E-state index contributed by atoms with van der Waals surface area (Å²) in [5.74, 6) is 1.51.